The van der Waals surface area contributed by atoms with E-state index in [1.807, 2.05) is 0 Å². The molecule has 0 aromatic heterocycles. The molecule has 0 aliphatic carbocycles. The van der Waals surface area contributed by atoms with Crippen LogP contribution in [0.4, 0.5) is 4.39 Å². The van der Waals surface area contributed by atoms with Gasteiger partial charge in [-0.15, -0.1) is 0 Å². The van der Waals surface area contributed by atoms with Crippen molar-refractivity contribution < 1.29 is 4.39 Å². The van der Waals surface area contributed by atoms with Gasteiger partial charge in [0.25, 0.3) is 0 Å². The van der Waals surface area contributed by atoms with Crippen molar-refractivity contribution in [3.8, 4) is 0 Å². The lowest BCUT2D eigenvalue weighted by molar-refractivity contribution is 0.103. The summed E-state index contributed by atoms with van der Waals surface area (Å²) in [4.78, 5) is 2.34. The van der Waals surface area contributed by atoms with E-state index in [1.54, 1.807) is 0 Å². The molecular formula is C13H27FN2. The molecule has 2 atom stereocenters. The summed E-state index contributed by atoms with van der Waals surface area (Å²) < 4.78 is 12.5. The molecule has 0 amide bonds. The highest BCUT2D eigenvalue weighted by Crippen LogP contribution is 2.16. The number of hydrogen-bond donors (Lipinski definition) is 1. The first-order chi connectivity index (χ1) is 7.67. The lowest BCUT2D eigenvalue weighted by Crippen LogP contribution is -2.57. The average molecular weight is 230 g/mol. The molecule has 1 fully saturated rings. The van der Waals surface area contributed by atoms with Crippen LogP contribution in [0.25, 0.3) is 0 Å². The summed E-state index contributed by atoms with van der Waals surface area (Å²) in [5.74, 6) is 0.691. The Kier molecular flexibility index (Phi) is 6.29. The number of hydrogen-bond acceptors (Lipinski definition) is 2. The van der Waals surface area contributed by atoms with Gasteiger partial charge in [-0.1, -0.05) is 27.2 Å². The van der Waals surface area contributed by atoms with Crippen molar-refractivity contribution in [1.82, 2.24) is 10.2 Å². The quantitative estimate of drug-likeness (QED) is 0.754. The highest BCUT2D eigenvalue weighted by atomic mass is 19.1. The first kappa shape index (κ1) is 13.9. The maximum Gasteiger partial charge on any atom is 0.102 e. The van der Waals surface area contributed by atoms with Gasteiger partial charge in [0.1, 0.15) is 6.67 Å². The summed E-state index contributed by atoms with van der Waals surface area (Å²) in [6.07, 6.45) is 3.58. The fourth-order valence-electron chi connectivity index (χ4n) is 2.63. The predicted molar refractivity (Wildman–Crippen MR) is 67.5 cm³/mol. The molecule has 96 valence electrons. The Hall–Kier alpha value is -0.150. The van der Waals surface area contributed by atoms with Crippen LogP contribution in [0.15, 0.2) is 0 Å². The molecule has 1 heterocycles. The van der Waals surface area contributed by atoms with Gasteiger partial charge in [-0.3, -0.25) is 4.90 Å². The van der Waals surface area contributed by atoms with Crippen LogP contribution >= 0.6 is 0 Å². The predicted octanol–water partition coefficient (Wildman–Crippen LogP) is 2.44. The van der Waals surface area contributed by atoms with Crippen molar-refractivity contribution in [2.45, 2.75) is 52.1 Å². The molecule has 16 heavy (non-hydrogen) atoms. The Labute approximate surface area is 99.6 Å². The maximum atomic E-state index is 12.5. The maximum absolute atomic E-state index is 12.5. The summed E-state index contributed by atoms with van der Waals surface area (Å²) >= 11 is 0. The van der Waals surface area contributed by atoms with Crippen molar-refractivity contribution in [1.29, 1.82) is 0 Å². The molecule has 1 aliphatic rings. The summed E-state index contributed by atoms with van der Waals surface area (Å²) in [6.45, 7) is 9.14. The Bertz CT molecular complexity index is 185. The Morgan fingerprint density at radius 2 is 2.19 bits per heavy atom. The molecule has 0 radical (unpaired) electrons. The molecule has 1 N–H and O–H groups in total. The zero-order valence-corrected chi connectivity index (χ0v) is 11.0. The van der Waals surface area contributed by atoms with Gasteiger partial charge in [-0.2, -0.15) is 0 Å². The number of nitrogens with zero attached hydrogens (tertiary/aromatic N) is 1. The van der Waals surface area contributed by atoms with Crippen molar-refractivity contribution in [2.24, 2.45) is 5.92 Å². The van der Waals surface area contributed by atoms with Crippen molar-refractivity contribution in [3.63, 3.8) is 0 Å². The zero-order valence-electron chi connectivity index (χ0n) is 11.0. The van der Waals surface area contributed by atoms with Gasteiger partial charge < -0.3 is 5.32 Å². The molecule has 0 aromatic rings. The molecule has 0 aromatic carbocycles. The fourth-order valence-corrected chi connectivity index (χ4v) is 2.63. The van der Waals surface area contributed by atoms with E-state index in [0.29, 0.717) is 24.5 Å². The summed E-state index contributed by atoms with van der Waals surface area (Å²) in [5.41, 5.74) is 0. The minimum Gasteiger partial charge on any atom is -0.311 e. The summed E-state index contributed by atoms with van der Waals surface area (Å²) in [7, 11) is 0. The highest BCUT2D eigenvalue weighted by molar-refractivity contribution is 4.86. The van der Waals surface area contributed by atoms with Crippen LogP contribution in [0.2, 0.25) is 0 Å². The fraction of sp³-hybridized carbons (Fsp3) is 1.00. The van der Waals surface area contributed by atoms with Gasteiger partial charge in [-0.05, 0) is 18.8 Å². The normalized spacial score (nSPS) is 27.6. The molecule has 3 heteroatoms. The van der Waals surface area contributed by atoms with E-state index in [0.717, 1.165) is 13.1 Å². The van der Waals surface area contributed by atoms with Crippen LogP contribution in [-0.4, -0.2) is 43.3 Å². The second kappa shape index (κ2) is 7.23. The van der Waals surface area contributed by atoms with E-state index < -0.39 is 0 Å². The second-order valence-electron chi connectivity index (χ2n) is 5.36. The molecule has 1 aliphatic heterocycles. The van der Waals surface area contributed by atoms with Crippen molar-refractivity contribution in [3.05, 3.63) is 0 Å². The van der Waals surface area contributed by atoms with Crippen LogP contribution in [-0.2, 0) is 0 Å². The van der Waals surface area contributed by atoms with Gasteiger partial charge in [0.2, 0.25) is 0 Å². The van der Waals surface area contributed by atoms with Crippen molar-refractivity contribution >= 4 is 0 Å². The lowest BCUT2D eigenvalue weighted by atomic mass is 9.98. The molecule has 0 bridgehead atoms. The monoisotopic (exact) mass is 230 g/mol. The first-order valence-electron chi connectivity index (χ1n) is 6.70. The van der Waals surface area contributed by atoms with Crippen LogP contribution < -0.4 is 5.32 Å². The third-order valence-corrected chi connectivity index (χ3v) is 3.37. The largest absolute Gasteiger partial charge is 0.311 e. The van der Waals surface area contributed by atoms with E-state index in [1.165, 1.54) is 19.3 Å². The highest BCUT2D eigenvalue weighted by Gasteiger charge is 2.27. The number of piperazine rings is 1. The number of nitrogens with one attached hydrogen (secondary N) is 1. The minimum atomic E-state index is -0.215. The minimum absolute atomic E-state index is 0.215. The first-order valence-corrected chi connectivity index (χ1v) is 6.70. The second-order valence-corrected chi connectivity index (χ2v) is 5.36. The molecule has 1 rings (SSSR count). The topological polar surface area (TPSA) is 15.3 Å². The van der Waals surface area contributed by atoms with Gasteiger partial charge in [0.05, 0.1) is 0 Å². The number of alkyl halides is 1. The van der Waals surface area contributed by atoms with E-state index in [9.17, 15) is 4.39 Å². The van der Waals surface area contributed by atoms with Crippen LogP contribution in [0.1, 0.15) is 40.0 Å². The number of rotatable bonds is 6. The van der Waals surface area contributed by atoms with Gasteiger partial charge in [-0.25, -0.2) is 4.39 Å². The number of halogens is 1. The van der Waals surface area contributed by atoms with Gasteiger partial charge in [0, 0.05) is 31.7 Å². The zero-order chi connectivity index (χ0) is 12.0. The third kappa shape index (κ3) is 4.38. The van der Waals surface area contributed by atoms with Crippen LogP contribution in [0.3, 0.4) is 0 Å². The smallest absolute Gasteiger partial charge is 0.102 e. The van der Waals surface area contributed by atoms with E-state index in [-0.39, 0.29) is 6.67 Å². The summed E-state index contributed by atoms with van der Waals surface area (Å²) in [5, 5.41) is 3.60. The molecule has 0 spiro atoms. The molecule has 2 nitrogen and oxygen atoms in total. The Morgan fingerprint density at radius 3 is 2.75 bits per heavy atom. The Balaban J connectivity index is 2.45. The average Bonchev–Trinajstić information content (AvgIpc) is 2.22. The van der Waals surface area contributed by atoms with Gasteiger partial charge >= 0.3 is 0 Å². The van der Waals surface area contributed by atoms with E-state index in [2.05, 4.69) is 31.0 Å². The molecule has 1 saturated heterocycles. The molecule has 0 saturated carbocycles. The van der Waals surface area contributed by atoms with Crippen LogP contribution in [0, 0.1) is 5.92 Å². The standard InChI is InChI=1S/C13H27FN2/c1-4-5-12-10-16(7-6-14)13(9-15-12)8-11(2)3/h11-13,15H,4-10H2,1-3H3. The van der Waals surface area contributed by atoms with E-state index >= 15 is 0 Å². The van der Waals surface area contributed by atoms with Gasteiger partial charge in [0.15, 0.2) is 0 Å². The SMILES string of the molecule is CCCC1CN(CCF)C(CC(C)C)CN1. The molecular weight excluding hydrogens is 203 g/mol. The Morgan fingerprint density at radius 1 is 1.44 bits per heavy atom. The van der Waals surface area contributed by atoms with Crippen molar-refractivity contribution in [2.75, 3.05) is 26.3 Å². The van der Waals surface area contributed by atoms with Crippen LogP contribution in [0.5, 0.6) is 0 Å². The van der Waals surface area contributed by atoms with E-state index in [4.69, 9.17) is 0 Å². The third-order valence-electron chi connectivity index (χ3n) is 3.37. The molecule has 2 unspecified atom stereocenters. The lowest BCUT2D eigenvalue weighted by Gasteiger charge is -2.40. The summed E-state index contributed by atoms with van der Waals surface area (Å²) in [6, 6.07) is 1.10.